The molecular weight excluding hydrogens is 270 g/mol. The highest BCUT2D eigenvalue weighted by Gasteiger charge is 2.38. The van der Waals surface area contributed by atoms with Gasteiger partial charge in [0.15, 0.2) is 0 Å². The van der Waals surface area contributed by atoms with Crippen molar-refractivity contribution in [3.63, 3.8) is 0 Å². The zero-order chi connectivity index (χ0) is 15.0. The summed E-state index contributed by atoms with van der Waals surface area (Å²) in [6, 6.07) is 26.1. The van der Waals surface area contributed by atoms with Crippen LogP contribution in [0.15, 0.2) is 78.9 Å². The van der Waals surface area contributed by atoms with E-state index in [0.717, 1.165) is 28.1 Å². The number of rotatable bonds is 2. The second-order valence-electron chi connectivity index (χ2n) is 5.74. The van der Waals surface area contributed by atoms with Gasteiger partial charge in [-0.25, -0.2) is 0 Å². The Hall–Kier alpha value is -2.58. The molecule has 0 aliphatic carbocycles. The third kappa shape index (κ3) is 2.00. The summed E-state index contributed by atoms with van der Waals surface area (Å²) < 4.78 is 0. The van der Waals surface area contributed by atoms with Crippen LogP contribution in [0.25, 0.3) is 0 Å². The third-order valence-corrected chi connectivity index (χ3v) is 4.32. The molecule has 0 unspecified atom stereocenters. The molecule has 22 heavy (non-hydrogen) atoms. The van der Waals surface area contributed by atoms with Gasteiger partial charge in [-0.1, -0.05) is 66.7 Å². The highest BCUT2D eigenvalue weighted by atomic mass is 16.3. The molecule has 108 valence electrons. The van der Waals surface area contributed by atoms with Crippen LogP contribution in [-0.2, 0) is 12.0 Å². The number of nitrogens with one attached hydrogen (secondary N) is 1. The summed E-state index contributed by atoms with van der Waals surface area (Å²) >= 11 is 0. The first kappa shape index (κ1) is 13.1. The molecule has 4 rings (SSSR count). The second-order valence-corrected chi connectivity index (χ2v) is 5.74. The minimum Gasteiger partial charge on any atom is -0.380 e. The van der Waals surface area contributed by atoms with Crippen molar-refractivity contribution in [1.82, 2.24) is 0 Å². The second kappa shape index (κ2) is 5.00. The molecule has 0 radical (unpaired) electrons. The summed E-state index contributed by atoms with van der Waals surface area (Å²) in [7, 11) is 0. The van der Waals surface area contributed by atoms with Gasteiger partial charge >= 0.3 is 0 Å². The Morgan fingerprint density at radius 1 is 0.682 bits per heavy atom. The molecular formula is C20H17NO. The molecule has 0 amide bonds. The summed E-state index contributed by atoms with van der Waals surface area (Å²) in [5.41, 5.74) is 3.91. The predicted octanol–water partition coefficient (Wildman–Crippen LogP) is 4.22. The lowest BCUT2D eigenvalue weighted by molar-refractivity contribution is 0.0813. The first-order valence-electron chi connectivity index (χ1n) is 7.50. The number of hydrogen-bond donors (Lipinski definition) is 2. The van der Waals surface area contributed by atoms with E-state index in [-0.39, 0.29) is 0 Å². The maximum Gasteiger partial charge on any atom is 0.123 e. The molecule has 0 spiro atoms. The molecule has 0 saturated carbocycles. The fourth-order valence-electron chi connectivity index (χ4n) is 3.28. The maximum absolute atomic E-state index is 11.6. The summed E-state index contributed by atoms with van der Waals surface area (Å²) in [6.07, 6.45) is 0.559. The molecule has 2 nitrogen and oxygen atoms in total. The van der Waals surface area contributed by atoms with E-state index in [4.69, 9.17) is 0 Å². The molecule has 1 aliphatic heterocycles. The van der Waals surface area contributed by atoms with Crippen molar-refractivity contribution in [1.29, 1.82) is 0 Å². The van der Waals surface area contributed by atoms with Gasteiger partial charge in [-0.05, 0) is 17.7 Å². The van der Waals surface area contributed by atoms with Gasteiger partial charge in [0.05, 0.1) is 0 Å². The van der Waals surface area contributed by atoms with Crippen molar-refractivity contribution in [3.05, 3.63) is 95.6 Å². The van der Waals surface area contributed by atoms with Gasteiger partial charge in [-0.2, -0.15) is 0 Å². The van der Waals surface area contributed by atoms with E-state index >= 15 is 0 Å². The lowest BCUT2D eigenvalue weighted by atomic mass is 9.77. The normalized spacial score (nSPS) is 14.6. The van der Waals surface area contributed by atoms with Crippen LogP contribution >= 0.6 is 0 Å². The fourth-order valence-corrected chi connectivity index (χ4v) is 3.28. The van der Waals surface area contributed by atoms with Crippen LogP contribution in [0.4, 0.5) is 11.4 Å². The minimum absolute atomic E-state index is 0.559. The van der Waals surface area contributed by atoms with E-state index < -0.39 is 5.60 Å². The van der Waals surface area contributed by atoms with Crippen molar-refractivity contribution in [2.45, 2.75) is 12.0 Å². The molecule has 2 heteroatoms. The topological polar surface area (TPSA) is 32.3 Å². The number of fused-ring (bicyclic) bond motifs is 2. The Kier molecular flexibility index (Phi) is 2.98. The summed E-state index contributed by atoms with van der Waals surface area (Å²) in [5.74, 6) is 0. The van der Waals surface area contributed by atoms with Crippen molar-refractivity contribution in [2.75, 3.05) is 5.32 Å². The van der Waals surface area contributed by atoms with Gasteiger partial charge in [0, 0.05) is 28.9 Å². The summed E-state index contributed by atoms with van der Waals surface area (Å²) in [6.45, 7) is 0. The van der Waals surface area contributed by atoms with Crippen LogP contribution in [0.2, 0.25) is 0 Å². The average Bonchev–Trinajstić information content (AvgIpc) is 2.56. The monoisotopic (exact) mass is 287 g/mol. The summed E-state index contributed by atoms with van der Waals surface area (Å²) in [4.78, 5) is 0. The number of benzene rings is 3. The first-order valence-corrected chi connectivity index (χ1v) is 7.50. The number of hydrogen-bond acceptors (Lipinski definition) is 2. The predicted molar refractivity (Wildman–Crippen MR) is 89.3 cm³/mol. The molecule has 1 heterocycles. The Bertz CT molecular complexity index is 765. The van der Waals surface area contributed by atoms with Gasteiger partial charge in [-0.3, -0.25) is 0 Å². The maximum atomic E-state index is 11.6. The van der Waals surface area contributed by atoms with Crippen molar-refractivity contribution < 1.29 is 5.11 Å². The van der Waals surface area contributed by atoms with Gasteiger partial charge < -0.3 is 10.4 Å². The lowest BCUT2D eigenvalue weighted by Gasteiger charge is -2.37. The molecule has 3 aromatic carbocycles. The first-order chi connectivity index (χ1) is 10.8. The summed E-state index contributed by atoms with van der Waals surface area (Å²) in [5, 5.41) is 15.0. The van der Waals surface area contributed by atoms with Crippen LogP contribution in [-0.4, -0.2) is 5.11 Å². The lowest BCUT2D eigenvalue weighted by Crippen LogP contribution is -2.34. The average molecular weight is 287 g/mol. The van der Waals surface area contributed by atoms with Crippen LogP contribution in [0.1, 0.15) is 16.7 Å². The van der Waals surface area contributed by atoms with Gasteiger partial charge in [0.2, 0.25) is 0 Å². The molecule has 3 aromatic rings. The number of anilines is 2. The van der Waals surface area contributed by atoms with Crippen LogP contribution in [0.5, 0.6) is 0 Å². The van der Waals surface area contributed by atoms with Crippen molar-refractivity contribution >= 4 is 11.4 Å². The van der Waals surface area contributed by atoms with Gasteiger partial charge in [-0.15, -0.1) is 0 Å². The quantitative estimate of drug-likeness (QED) is 0.739. The number of para-hydroxylation sites is 2. The van der Waals surface area contributed by atoms with E-state index in [0.29, 0.717) is 6.42 Å². The third-order valence-electron chi connectivity index (χ3n) is 4.32. The molecule has 2 N–H and O–H groups in total. The van der Waals surface area contributed by atoms with Gasteiger partial charge in [0.25, 0.3) is 0 Å². The van der Waals surface area contributed by atoms with E-state index in [9.17, 15) is 5.11 Å². The van der Waals surface area contributed by atoms with Crippen LogP contribution in [0.3, 0.4) is 0 Å². The van der Waals surface area contributed by atoms with E-state index in [1.165, 1.54) is 0 Å². The molecule has 0 bridgehead atoms. The van der Waals surface area contributed by atoms with Crippen LogP contribution < -0.4 is 5.32 Å². The zero-order valence-electron chi connectivity index (χ0n) is 12.2. The fraction of sp³-hybridized carbons (Fsp3) is 0.100. The van der Waals surface area contributed by atoms with Crippen molar-refractivity contribution in [3.8, 4) is 0 Å². The minimum atomic E-state index is -1.01. The largest absolute Gasteiger partial charge is 0.380 e. The smallest absolute Gasteiger partial charge is 0.123 e. The van der Waals surface area contributed by atoms with Crippen molar-refractivity contribution in [2.24, 2.45) is 0 Å². The Morgan fingerprint density at radius 3 is 1.77 bits per heavy atom. The number of aliphatic hydroxyl groups is 1. The Morgan fingerprint density at radius 2 is 1.18 bits per heavy atom. The van der Waals surface area contributed by atoms with Crippen LogP contribution in [0, 0.1) is 0 Å². The molecule has 0 aromatic heterocycles. The molecule has 0 fully saturated rings. The SMILES string of the molecule is OC1(Cc2ccccc2)c2ccccc2Nc2ccccc21. The standard InChI is InChI=1S/C20H17NO/c22-20(14-15-8-2-1-3-9-15)16-10-4-6-12-18(16)21-19-13-7-5-11-17(19)20/h1-13,21-22H,14H2. The Labute approximate surface area is 130 Å². The van der Waals surface area contributed by atoms with E-state index in [1.807, 2.05) is 66.7 Å². The molecule has 0 atom stereocenters. The zero-order valence-corrected chi connectivity index (χ0v) is 12.2. The molecule has 0 saturated heterocycles. The highest BCUT2D eigenvalue weighted by molar-refractivity contribution is 5.75. The van der Waals surface area contributed by atoms with E-state index in [2.05, 4.69) is 17.4 Å². The van der Waals surface area contributed by atoms with E-state index in [1.54, 1.807) is 0 Å². The highest BCUT2D eigenvalue weighted by Crippen LogP contribution is 2.45. The Balaban J connectivity index is 1.90. The molecule has 1 aliphatic rings. The van der Waals surface area contributed by atoms with Gasteiger partial charge in [0.1, 0.15) is 5.60 Å².